The summed E-state index contributed by atoms with van der Waals surface area (Å²) in [6, 6.07) is 7.92. The van der Waals surface area contributed by atoms with Crippen molar-refractivity contribution >= 4 is 5.96 Å². The molecule has 0 aliphatic heterocycles. The number of phenolic OH excluding ortho intramolecular Hbond substituents is 1. The van der Waals surface area contributed by atoms with Crippen LogP contribution in [-0.4, -0.2) is 17.6 Å². The molecule has 1 heterocycles. The van der Waals surface area contributed by atoms with E-state index in [4.69, 9.17) is 9.52 Å². The summed E-state index contributed by atoms with van der Waals surface area (Å²) in [6.45, 7) is 3.51. The van der Waals surface area contributed by atoms with Crippen molar-refractivity contribution in [3.05, 3.63) is 53.7 Å². The highest BCUT2D eigenvalue weighted by atomic mass is 19.1. The Morgan fingerprint density at radius 3 is 2.86 bits per heavy atom. The highest BCUT2D eigenvalue weighted by molar-refractivity contribution is 5.79. The molecule has 0 aliphatic carbocycles. The first-order chi connectivity index (χ1) is 10.2. The summed E-state index contributed by atoms with van der Waals surface area (Å²) in [5.41, 5.74) is 0.681. The molecule has 0 saturated heterocycles. The molecule has 5 nitrogen and oxygen atoms in total. The molecule has 6 heteroatoms. The standard InChI is InChI=1S/C15H18FN3O2/c1-2-17-15(19-10-12-4-3-7-21-12)18-9-11-5-6-14(20)13(16)8-11/h3-8,20H,2,9-10H2,1H3,(H2,17,18,19). The Labute approximate surface area is 122 Å². The largest absolute Gasteiger partial charge is 0.505 e. The van der Waals surface area contributed by atoms with Crippen LogP contribution in [0.1, 0.15) is 18.2 Å². The van der Waals surface area contributed by atoms with Crippen molar-refractivity contribution in [2.24, 2.45) is 4.99 Å². The number of phenols is 1. The lowest BCUT2D eigenvalue weighted by molar-refractivity contribution is 0.432. The van der Waals surface area contributed by atoms with Crippen LogP contribution in [0.3, 0.4) is 0 Å². The number of hydrogen-bond acceptors (Lipinski definition) is 3. The van der Waals surface area contributed by atoms with Gasteiger partial charge >= 0.3 is 0 Å². The highest BCUT2D eigenvalue weighted by Crippen LogP contribution is 2.16. The molecular weight excluding hydrogens is 273 g/mol. The van der Waals surface area contributed by atoms with Gasteiger partial charge < -0.3 is 20.2 Å². The predicted octanol–water partition coefficient (Wildman–Crippen LogP) is 2.38. The first-order valence-electron chi connectivity index (χ1n) is 6.71. The van der Waals surface area contributed by atoms with Crippen LogP contribution in [0.2, 0.25) is 0 Å². The van der Waals surface area contributed by atoms with Gasteiger partial charge in [0, 0.05) is 6.54 Å². The van der Waals surface area contributed by atoms with E-state index in [0.717, 1.165) is 5.76 Å². The summed E-state index contributed by atoms with van der Waals surface area (Å²) >= 11 is 0. The van der Waals surface area contributed by atoms with Gasteiger partial charge in [-0.3, -0.25) is 0 Å². The van der Waals surface area contributed by atoms with E-state index in [1.165, 1.54) is 12.1 Å². The van der Waals surface area contributed by atoms with E-state index in [-0.39, 0.29) is 5.75 Å². The van der Waals surface area contributed by atoms with Crippen LogP contribution >= 0.6 is 0 Å². The van der Waals surface area contributed by atoms with Gasteiger partial charge in [0.2, 0.25) is 0 Å². The van der Waals surface area contributed by atoms with Crippen LogP contribution in [-0.2, 0) is 13.1 Å². The topological polar surface area (TPSA) is 69.8 Å². The molecule has 3 N–H and O–H groups in total. The average molecular weight is 291 g/mol. The number of guanidine groups is 1. The van der Waals surface area contributed by atoms with Gasteiger partial charge in [0.05, 0.1) is 19.4 Å². The zero-order valence-corrected chi connectivity index (χ0v) is 11.8. The fourth-order valence-electron chi connectivity index (χ4n) is 1.74. The first kappa shape index (κ1) is 14.9. The van der Waals surface area contributed by atoms with E-state index < -0.39 is 5.82 Å². The van der Waals surface area contributed by atoms with Crippen molar-refractivity contribution in [3.63, 3.8) is 0 Å². The molecule has 0 bridgehead atoms. The summed E-state index contributed by atoms with van der Waals surface area (Å²) in [4.78, 5) is 4.36. The number of aliphatic imine (C=N–C) groups is 1. The number of nitrogens with one attached hydrogen (secondary N) is 2. The molecule has 0 saturated carbocycles. The molecule has 0 radical (unpaired) electrons. The number of halogens is 1. The summed E-state index contributed by atoms with van der Waals surface area (Å²) < 4.78 is 18.5. The van der Waals surface area contributed by atoms with Crippen LogP contribution in [0.25, 0.3) is 0 Å². The molecule has 1 aromatic heterocycles. The van der Waals surface area contributed by atoms with E-state index in [0.29, 0.717) is 31.2 Å². The molecule has 1 aromatic carbocycles. The van der Waals surface area contributed by atoms with Gasteiger partial charge in [0.15, 0.2) is 17.5 Å². The second kappa shape index (κ2) is 7.33. The van der Waals surface area contributed by atoms with Gasteiger partial charge in [-0.25, -0.2) is 9.38 Å². The van der Waals surface area contributed by atoms with Crippen LogP contribution in [0, 0.1) is 5.82 Å². The molecule has 0 aliphatic rings. The van der Waals surface area contributed by atoms with Crippen molar-refractivity contribution in [2.45, 2.75) is 20.0 Å². The number of nitrogens with zero attached hydrogens (tertiary/aromatic N) is 1. The summed E-state index contributed by atoms with van der Waals surface area (Å²) in [6.07, 6.45) is 1.61. The van der Waals surface area contributed by atoms with Gasteiger partial charge in [-0.05, 0) is 36.8 Å². The molecule has 0 atom stereocenters. The number of hydrogen-bond donors (Lipinski definition) is 3. The maximum absolute atomic E-state index is 13.2. The number of aromatic hydroxyl groups is 1. The van der Waals surface area contributed by atoms with E-state index in [2.05, 4.69) is 15.6 Å². The minimum atomic E-state index is -0.642. The van der Waals surface area contributed by atoms with E-state index in [9.17, 15) is 4.39 Å². The summed E-state index contributed by atoms with van der Waals surface area (Å²) in [5, 5.41) is 15.4. The van der Waals surface area contributed by atoms with Crippen LogP contribution < -0.4 is 10.6 Å². The highest BCUT2D eigenvalue weighted by Gasteiger charge is 2.03. The smallest absolute Gasteiger partial charge is 0.191 e. The fourth-order valence-corrected chi connectivity index (χ4v) is 1.74. The third-order valence-electron chi connectivity index (χ3n) is 2.79. The molecule has 21 heavy (non-hydrogen) atoms. The Kier molecular flexibility index (Phi) is 5.20. The zero-order chi connectivity index (χ0) is 15.1. The Bertz CT molecular complexity index is 597. The van der Waals surface area contributed by atoms with E-state index in [1.54, 1.807) is 12.3 Å². The minimum Gasteiger partial charge on any atom is -0.505 e. The maximum atomic E-state index is 13.2. The van der Waals surface area contributed by atoms with Crippen molar-refractivity contribution in [3.8, 4) is 5.75 Å². The van der Waals surface area contributed by atoms with Crippen molar-refractivity contribution < 1.29 is 13.9 Å². The Balaban J connectivity index is 1.97. The second-order valence-corrected chi connectivity index (χ2v) is 4.41. The number of benzene rings is 1. The lowest BCUT2D eigenvalue weighted by Crippen LogP contribution is -2.36. The van der Waals surface area contributed by atoms with Crippen LogP contribution in [0.15, 0.2) is 46.0 Å². The monoisotopic (exact) mass is 291 g/mol. The Hall–Kier alpha value is -2.50. The normalized spacial score (nSPS) is 11.4. The lowest BCUT2D eigenvalue weighted by atomic mass is 10.2. The quantitative estimate of drug-likeness (QED) is 0.584. The van der Waals surface area contributed by atoms with E-state index in [1.807, 2.05) is 19.1 Å². The van der Waals surface area contributed by atoms with E-state index >= 15 is 0 Å². The summed E-state index contributed by atoms with van der Waals surface area (Å²) in [7, 11) is 0. The molecule has 112 valence electrons. The molecule has 2 aromatic rings. The summed E-state index contributed by atoms with van der Waals surface area (Å²) in [5.74, 6) is 0.417. The SMILES string of the molecule is CCNC(=NCc1ccc(O)c(F)c1)NCc1ccco1. The lowest BCUT2D eigenvalue weighted by Gasteiger charge is -2.10. The molecular formula is C15H18FN3O2. The predicted molar refractivity (Wildman–Crippen MR) is 78.4 cm³/mol. The fraction of sp³-hybridized carbons (Fsp3) is 0.267. The molecule has 2 rings (SSSR count). The van der Waals surface area contributed by atoms with Gasteiger partial charge in [-0.1, -0.05) is 6.07 Å². The van der Waals surface area contributed by atoms with Gasteiger partial charge in [-0.2, -0.15) is 0 Å². The molecule has 0 unspecified atom stereocenters. The Morgan fingerprint density at radius 1 is 1.33 bits per heavy atom. The number of rotatable bonds is 5. The van der Waals surface area contributed by atoms with Gasteiger partial charge in [0.1, 0.15) is 5.76 Å². The van der Waals surface area contributed by atoms with Crippen LogP contribution in [0.5, 0.6) is 5.75 Å². The minimum absolute atomic E-state index is 0.310. The maximum Gasteiger partial charge on any atom is 0.191 e. The Morgan fingerprint density at radius 2 is 2.19 bits per heavy atom. The molecule has 0 amide bonds. The number of furan rings is 1. The van der Waals surface area contributed by atoms with Crippen molar-refractivity contribution in [1.29, 1.82) is 0 Å². The first-order valence-corrected chi connectivity index (χ1v) is 6.71. The zero-order valence-electron chi connectivity index (χ0n) is 11.8. The third kappa shape index (κ3) is 4.52. The van der Waals surface area contributed by atoms with Gasteiger partial charge in [-0.15, -0.1) is 0 Å². The van der Waals surface area contributed by atoms with Crippen molar-refractivity contribution in [2.75, 3.05) is 6.54 Å². The van der Waals surface area contributed by atoms with Crippen molar-refractivity contribution in [1.82, 2.24) is 10.6 Å². The average Bonchev–Trinajstić information content (AvgIpc) is 2.99. The molecule has 0 spiro atoms. The third-order valence-corrected chi connectivity index (χ3v) is 2.79. The van der Waals surface area contributed by atoms with Crippen LogP contribution in [0.4, 0.5) is 4.39 Å². The molecule has 0 fully saturated rings. The van der Waals surface area contributed by atoms with Gasteiger partial charge in [0.25, 0.3) is 0 Å². The second-order valence-electron chi connectivity index (χ2n) is 4.41.